The average Bonchev–Trinajstić information content (AvgIpc) is 2.90. The maximum atomic E-state index is 13.9. The number of pyridine rings is 1. The molecular weight excluding hydrogens is 283 g/mol. The number of benzene rings is 1. The monoisotopic (exact) mass is 298 g/mol. The summed E-state index contributed by atoms with van der Waals surface area (Å²) >= 11 is 0. The van der Waals surface area contributed by atoms with Gasteiger partial charge in [-0.15, -0.1) is 0 Å². The highest BCUT2D eigenvalue weighted by molar-refractivity contribution is 5.95. The Morgan fingerprint density at radius 3 is 2.91 bits per heavy atom. The molecule has 0 saturated heterocycles. The third kappa shape index (κ3) is 2.32. The number of carbonyl (C=O) groups excluding carboxylic acids is 1. The molecule has 3 aromatic rings. The van der Waals surface area contributed by atoms with Crippen LogP contribution >= 0.6 is 0 Å². The average molecular weight is 298 g/mol. The normalized spacial score (nSPS) is 10.9. The maximum Gasteiger partial charge on any atom is 0.287 e. The molecule has 1 N–H and O–H groups in total. The van der Waals surface area contributed by atoms with Gasteiger partial charge in [0.25, 0.3) is 5.91 Å². The maximum absolute atomic E-state index is 13.9. The van der Waals surface area contributed by atoms with Crippen molar-refractivity contribution in [1.29, 1.82) is 0 Å². The number of hydrogen-bond acceptors (Lipinski definition) is 3. The SMILES string of the molecule is CCNC(=O)c1nc2cccnc2n1-c1ccc(C)c(F)c1. The molecule has 0 aliphatic rings. The minimum Gasteiger partial charge on any atom is -0.350 e. The summed E-state index contributed by atoms with van der Waals surface area (Å²) in [5.41, 5.74) is 2.17. The van der Waals surface area contributed by atoms with Gasteiger partial charge in [-0.3, -0.25) is 9.36 Å². The Hall–Kier alpha value is -2.76. The highest BCUT2D eigenvalue weighted by Gasteiger charge is 2.19. The van der Waals surface area contributed by atoms with Crippen molar-refractivity contribution in [3.8, 4) is 5.69 Å². The van der Waals surface area contributed by atoms with E-state index >= 15 is 0 Å². The molecule has 0 aliphatic heterocycles. The molecule has 2 heterocycles. The molecule has 0 unspecified atom stereocenters. The minimum absolute atomic E-state index is 0.193. The highest BCUT2D eigenvalue weighted by Crippen LogP contribution is 2.21. The van der Waals surface area contributed by atoms with Gasteiger partial charge in [0.2, 0.25) is 5.82 Å². The van der Waals surface area contributed by atoms with E-state index in [0.29, 0.717) is 29.0 Å². The Morgan fingerprint density at radius 1 is 1.36 bits per heavy atom. The molecule has 0 saturated carbocycles. The van der Waals surface area contributed by atoms with Crippen molar-refractivity contribution >= 4 is 17.1 Å². The van der Waals surface area contributed by atoms with Gasteiger partial charge in [0.1, 0.15) is 11.3 Å². The Kier molecular flexibility index (Phi) is 3.58. The summed E-state index contributed by atoms with van der Waals surface area (Å²) in [6.45, 7) is 4.00. The van der Waals surface area contributed by atoms with Gasteiger partial charge in [-0.25, -0.2) is 14.4 Å². The molecule has 1 aromatic carbocycles. The third-order valence-electron chi connectivity index (χ3n) is 3.37. The van der Waals surface area contributed by atoms with Crippen molar-refractivity contribution in [2.45, 2.75) is 13.8 Å². The van der Waals surface area contributed by atoms with Gasteiger partial charge < -0.3 is 5.32 Å². The molecule has 0 spiro atoms. The zero-order valence-corrected chi connectivity index (χ0v) is 12.3. The van der Waals surface area contributed by atoms with Crippen molar-refractivity contribution in [3.63, 3.8) is 0 Å². The van der Waals surface area contributed by atoms with E-state index in [1.54, 1.807) is 42.0 Å². The van der Waals surface area contributed by atoms with E-state index in [1.807, 2.05) is 6.92 Å². The molecule has 112 valence electrons. The molecule has 1 amide bonds. The standard InChI is InChI=1S/C16H15FN4O/c1-3-18-16(22)15-20-13-5-4-8-19-14(13)21(15)11-7-6-10(2)12(17)9-11/h4-9H,3H2,1-2H3,(H,18,22). The molecule has 0 bridgehead atoms. The Morgan fingerprint density at radius 2 is 2.18 bits per heavy atom. The first-order valence-corrected chi connectivity index (χ1v) is 7.00. The first-order valence-electron chi connectivity index (χ1n) is 7.00. The van der Waals surface area contributed by atoms with Gasteiger partial charge in [0.15, 0.2) is 5.65 Å². The molecule has 6 heteroatoms. The van der Waals surface area contributed by atoms with Crippen molar-refractivity contribution in [1.82, 2.24) is 19.9 Å². The molecule has 2 aromatic heterocycles. The fourth-order valence-corrected chi connectivity index (χ4v) is 2.27. The van der Waals surface area contributed by atoms with E-state index < -0.39 is 0 Å². The van der Waals surface area contributed by atoms with Crippen LogP contribution in [0.4, 0.5) is 4.39 Å². The largest absolute Gasteiger partial charge is 0.350 e. The second-order valence-corrected chi connectivity index (χ2v) is 4.91. The van der Waals surface area contributed by atoms with Crippen LogP contribution < -0.4 is 5.32 Å². The van der Waals surface area contributed by atoms with Gasteiger partial charge in [-0.05, 0) is 43.7 Å². The van der Waals surface area contributed by atoms with Crippen LogP contribution in [-0.4, -0.2) is 27.0 Å². The fourth-order valence-electron chi connectivity index (χ4n) is 2.27. The van der Waals surface area contributed by atoms with E-state index in [4.69, 9.17) is 0 Å². The second kappa shape index (κ2) is 5.55. The number of fused-ring (bicyclic) bond motifs is 1. The molecule has 5 nitrogen and oxygen atoms in total. The van der Waals surface area contributed by atoms with E-state index in [9.17, 15) is 9.18 Å². The number of aryl methyl sites for hydroxylation is 1. The molecule has 0 aliphatic carbocycles. The highest BCUT2D eigenvalue weighted by atomic mass is 19.1. The molecule has 0 radical (unpaired) electrons. The fraction of sp³-hybridized carbons (Fsp3) is 0.188. The first-order chi connectivity index (χ1) is 10.6. The lowest BCUT2D eigenvalue weighted by molar-refractivity contribution is 0.0944. The lowest BCUT2D eigenvalue weighted by Gasteiger charge is -2.09. The predicted molar refractivity (Wildman–Crippen MR) is 81.6 cm³/mol. The van der Waals surface area contributed by atoms with Crippen LogP contribution in [0.5, 0.6) is 0 Å². The number of amides is 1. The number of nitrogens with zero attached hydrogens (tertiary/aromatic N) is 3. The minimum atomic E-state index is -0.336. The molecule has 0 fully saturated rings. The van der Waals surface area contributed by atoms with Gasteiger partial charge in [-0.1, -0.05) is 6.07 Å². The zero-order valence-electron chi connectivity index (χ0n) is 12.3. The number of imidazole rings is 1. The van der Waals surface area contributed by atoms with Crippen LogP contribution in [0.25, 0.3) is 16.9 Å². The van der Waals surface area contributed by atoms with Crippen molar-refractivity contribution in [2.75, 3.05) is 6.54 Å². The lowest BCUT2D eigenvalue weighted by atomic mass is 10.2. The Balaban J connectivity index is 2.27. The first kappa shape index (κ1) is 14.2. The summed E-state index contributed by atoms with van der Waals surface area (Å²) in [6.07, 6.45) is 1.62. The third-order valence-corrected chi connectivity index (χ3v) is 3.37. The predicted octanol–water partition coefficient (Wildman–Crippen LogP) is 2.62. The number of carbonyl (C=O) groups is 1. The number of nitrogens with one attached hydrogen (secondary N) is 1. The van der Waals surface area contributed by atoms with Crippen LogP contribution in [-0.2, 0) is 0 Å². The zero-order chi connectivity index (χ0) is 15.7. The lowest BCUT2D eigenvalue weighted by Crippen LogP contribution is -2.26. The number of aromatic nitrogens is 3. The van der Waals surface area contributed by atoms with Gasteiger partial charge in [-0.2, -0.15) is 0 Å². The quantitative estimate of drug-likeness (QED) is 0.808. The van der Waals surface area contributed by atoms with Gasteiger partial charge >= 0.3 is 0 Å². The van der Waals surface area contributed by atoms with Crippen molar-refractivity contribution in [2.24, 2.45) is 0 Å². The summed E-state index contributed by atoms with van der Waals surface area (Å²) in [5, 5.41) is 2.72. The number of hydrogen-bond donors (Lipinski definition) is 1. The van der Waals surface area contributed by atoms with E-state index in [-0.39, 0.29) is 17.5 Å². The molecule has 3 rings (SSSR count). The van der Waals surface area contributed by atoms with Gasteiger partial charge in [0.05, 0.1) is 5.69 Å². The van der Waals surface area contributed by atoms with Crippen LogP contribution in [0.2, 0.25) is 0 Å². The smallest absolute Gasteiger partial charge is 0.287 e. The number of halogens is 1. The van der Waals surface area contributed by atoms with E-state index in [0.717, 1.165) is 0 Å². The van der Waals surface area contributed by atoms with Gasteiger partial charge in [0, 0.05) is 12.7 Å². The molecule has 0 atom stereocenters. The summed E-state index contributed by atoms with van der Waals surface area (Å²) < 4.78 is 15.5. The van der Waals surface area contributed by atoms with Crippen LogP contribution in [0.3, 0.4) is 0 Å². The van der Waals surface area contributed by atoms with Crippen molar-refractivity contribution < 1.29 is 9.18 Å². The van der Waals surface area contributed by atoms with Crippen LogP contribution in [0.15, 0.2) is 36.5 Å². The van der Waals surface area contributed by atoms with Crippen LogP contribution in [0.1, 0.15) is 23.1 Å². The summed E-state index contributed by atoms with van der Waals surface area (Å²) in [4.78, 5) is 20.8. The summed E-state index contributed by atoms with van der Waals surface area (Å²) in [7, 11) is 0. The van der Waals surface area contributed by atoms with Crippen molar-refractivity contribution in [3.05, 3.63) is 53.7 Å². The Bertz CT molecular complexity index is 856. The number of rotatable bonds is 3. The summed E-state index contributed by atoms with van der Waals surface area (Å²) in [6, 6.07) is 8.31. The second-order valence-electron chi connectivity index (χ2n) is 4.91. The van der Waals surface area contributed by atoms with E-state index in [1.165, 1.54) is 6.07 Å². The van der Waals surface area contributed by atoms with E-state index in [2.05, 4.69) is 15.3 Å². The van der Waals surface area contributed by atoms with Crippen LogP contribution in [0, 0.1) is 12.7 Å². The molecular formula is C16H15FN4O. The summed E-state index contributed by atoms with van der Waals surface area (Å²) in [5.74, 6) is -0.461. The topological polar surface area (TPSA) is 59.8 Å². The molecule has 22 heavy (non-hydrogen) atoms. The Labute approximate surface area is 126 Å².